The summed E-state index contributed by atoms with van der Waals surface area (Å²) in [5.74, 6) is 1.18. The highest BCUT2D eigenvalue weighted by atomic mass is 79.9. The van der Waals surface area contributed by atoms with Crippen LogP contribution in [0, 0.1) is 0 Å². The van der Waals surface area contributed by atoms with Crippen molar-refractivity contribution in [3.8, 4) is 11.5 Å². The summed E-state index contributed by atoms with van der Waals surface area (Å²) < 4.78 is 12.0. The number of halogens is 2. The van der Waals surface area contributed by atoms with Crippen molar-refractivity contribution in [3.63, 3.8) is 0 Å². The van der Waals surface area contributed by atoms with E-state index in [1.54, 1.807) is 17.0 Å². The van der Waals surface area contributed by atoms with Crippen LogP contribution in [0.2, 0.25) is 0 Å². The van der Waals surface area contributed by atoms with Gasteiger partial charge in [-0.15, -0.1) is 11.6 Å². The Morgan fingerprint density at radius 1 is 1.15 bits per heavy atom. The first-order chi connectivity index (χ1) is 16.0. The fraction of sp³-hybridized carbons (Fsp3) is 0.240. The maximum atomic E-state index is 13.3. The van der Waals surface area contributed by atoms with Gasteiger partial charge in [-0.3, -0.25) is 10.6 Å². The first-order valence-corrected chi connectivity index (χ1v) is 12.0. The molecule has 0 saturated carbocycles. The minimum atomic E-state index is -0.397. The van der Waals surface area contributed by atoms with E-state index in [2.05, 4.69) is 33.1 Å². The van der Waals surface area contributed by atoms with Crippen LogP contribution in [-0.4, -0.2) is 34.6 Å². The topological polar surface area (TPSA) is 80.6 Å². The second-order valence-corrected chi connectivity index (χ2v) is 9.49. The number of alkyl halides is 1. The molecule has 170 valence electrons. The summed E-state index contributed by atoms with van der Waals surface area (Å²) in [6.07, 6.45) is 5.34. The van der Waals surface area contributed by atoms with E-state index in [9.17, 15) is 4.79 Å². The molecule has 33 heavy (non-hydrogen) atoms. The molecule has 0 spiro atoms. The van der Waals surface area contributed by atoms with Gasteiger partial charge in [-0.25, -0.2) is 4.79 Å². The average Bonchev–Trinajstić information content (AvgIpc) is 3.18. The van der Waals surface area contributed by atoms with Gasteiger partial charge in [-0.05, 0) is 60.4 Å². The van der Waals surface area contributed by atoms with E-state index in [-0.39, 0.29) is 18.1 Å². The zero-order valence-corrected chi connectivity index (χ0v) is 20.1. The van der Waals surface area contributed by atoms with Gasteiger partial charge in [0.15, 0.2) is 0 Å². The van der Waals surface area contributed by atoms with Gasteiger partial charge >= 0.3 is 6.09 Å². The molecule has 0 fully saturated rings. The molecule has 8 heteroatoms. The molecule has 0 saturated heterocycles. The maximum absolute atomic E-state index is 13.3. The lowest BCUT2D eigenvalue weighted by molar-refractivity contribution is 0.135. The van der Waals surface area contributed by atoms with Crippen LogP contribution >= 0.6 is 27.5 Å². The van der Waals surface area contributed by atoms with Gasteiger partial charge in [-0.2, -0.15) is 0 Å². The van der Waals surface area contributed by atoms with Crippen LogP contribution < -0.4 is 25.8 Å². The number of aromatic nitrogens is 1. The van der Waals surface area contributed by atoms with Gasteiger partial charge in [0.2, 0.25) is 0 Å². The highest BCUT2D eigenvalue weighted by molar-refractivity contribution is 9.10. The number of nitrogens with two attached hydrogens (primary N) is 1. The Morgan fingerprint density at radius 2 is 1.88 bits per heavy atom. The molecular formula is C25H23BrClN3O3. The monoisotopic (exact) mass is 527 g/mol. The van der Waals surface area contributed by atoms with Crippen LogP contribution in [-0.2, 0) is 6.42 Å². The van der Waals surface area contributed by atoms with Crippen LogP contribution in [0.25, 0.3) is 12.2 Å². The predicted octanol–water partition coefficient (Wildman–Crippen LogP) is 3.79. The third-order valence-electron chi connectivity index (χ3n) is 5.99. The molecule has 0 radical (unpaired) electrons. The number of fused-ring (bicyclic) bond motifs is 3. The van der Waals surface area contributed by atoms with Crippen LogP contribution in [0.3, 0.4) is 0 Å². The summed E-state index contributed by atoms with van der Waals surface area (Å²) in [6.45, 7) is 0.631. The molecule has 1 aliphatic heterocycles. The van der Waals surface area contributed by atoms with Gasteiger partial charge in [0.1, 0.15) is 24.3 Å². The minimum absolute atomic E-state index is 0.0241. The smallest absolute Gasteiger partial charge is 0.416 e. The van der Waals surface area contributed by atoms with E-state index in [0.29, 0.717) is 18.0 Å². The van der Waals surface area contributed by atoms with Gasteiger partial charge < -0.3 is 14.5 Å². The van der Waals surface area contributed by atoms with E-state index in [1.807, 2.05) is 36.4 Å². The molecule has 1 aromatic heterocycles. The summed E-state index contributed by atoms with van der Waals surface area (Å²) in [4.78, 5) is 18.6. The number of amides is 1. The maximum Gasteiger partial charge on any atom is 0.416 e. The number of nitrogens with one attached hydrogen (secondary N) is 1. The highest BCUT2D eigenvalue weighted by Gasteiger charge is 2.35. The zero-order valence-electron chi connectivity index (χ0n) is 17.8. The highest BCUT2D eigenvalue weighted by Crippen LogP contribution is 2.34. The number of carbonyl (C=O) groups is 1. The lowest BCUT2D eigenvalue weighted by atomic mass is 9.92. The van der Waals surface area contributed by atoms with Crippen LogP contribution in [0.1, 0.15) is 29.3 Å². The minimum Gasteiger partial charge on any atom is -0.479 e. The van der Waals surface area contributed by atoms with E-state index in [0.717, 1.165) is 39.1 Å². The normalized spacial score (nSPS) is 19.1. The molecule has 1 aliphatic carbocycles. The SMILES string of the molecule is NCOc1ccc(C2c3[nH]c4c(c3CCN2C(=O)Oc2ccc(Br)cc2)=CC(Cl)CC=4)cc1. The van der Waals surface area contributed by atoms with Crippen LogP contribution in [0.15, 0.2) is 53.0 Å². The molecule has 0 bridgehead atoms. The number of nitrogens with zero attached hydrogens (tertiary/aromatic N) is 1. The first kappa shape index (κ1) is 22.1. The van der Waals surface area contributed by atoms with Crippen LogP contribution in [0.4, 0.5) is 4.79 Å². The summed E-state index contributed by atoms with van der Waals surface area (Å²) in [7, 11) is 0. The third kappa shape index (κ3) is 4.40. The van der Waals surface area contributed by atoms with Gasteiger partial charge in [-0.1, -0.05) is 40.2 Å². The predicted molar refractivity (Wildman–Crippen MR) is 132 cm³/mol. The molecule has 1 amide bonds. The first-order valence-electron chi connectivity index (χ1n) is 10.8. The van der Waals surface area contributed by atoms with Crippen molar-refractivity contribution in [2.75, 3.05) is 13.3 Å². The Kier molecular flexibility index (Phi) is 6.19. The molecule has 2 aliphatic rings. The zero-order chi connectivity index (χ0) is 22.9. The molecule has 6 nitrogen and oxygen atoms in total. The van der Waals surface area contributed by atoms with Crippen molar-refractivity contribution >= 4 is 45.8 Å². The number of carbonyl (C=O) groups excluding carboxylic acids is 1. The third-order valence-corrected chi connectivity index (χ3v) is 6.82. The Labute approximate surface area is 204 Å². The molecule has 3 aromatic rings. The van der Waals surface area contributed by atoms with Crippen molar-refractivity contribution < 1.29 is 14.3 Å². The average molecular weight is 529 g/mol. The number of aromatic amines is 1. The van der Waals surface area contributed by atoms with Crippen molar-refractivity contribution in [2.24, 2.45) is 5.73 Å². The van der Waals surface area contributed by atoms with Gasteiger partial charge in [0.05, 0.1) is 5.38 Å². The van der Waals surface area contributed by atoms with Crippen molar-refractivity contribution in [3.05, 3.63) is 80.4 Å². The second kappa shape index (κ2) is 9.25. The largest absolute Gasteiger partial charge is 0.479 e. The number of hydrogen-bond donors (Lipinski definition) is 2. The molecule has 2 aromatic carbocycles. The Morgan fingerprint density at radius 3 is 2.61 bits per heavy atom. The Hall–Kier alpha value is -2.74. The lowest BCUT2D eigenvalue weighted by Gasteiger charge is -2.35. The van der Waals surface area contributed by atoms with E-state index < -0.39 is 6.09 Å². The molecule has 2 unspecified atom stereocenters. The number of ether oxygens (including phenoxy) is 2. The summed E-state index contributed by atoms with van der Waals surface area (Å²) in [6, 6.07) is 14.5. The van der Waals surface area contributed by atoms with Gasteiger partial charge in [0, 0.05) is 27.3 Å². The number of rotatable bonds is 4. The van der Waals surface area contributed by atoms with Crippen LogP contribution in [0.5, 0.6) is 11.5 Å². The summed E-state index contributed by atoms with van der Waals surface area (Å²) in [5.41, 5.74) is 8.64. The van der Waals surface area contributed by atoms with Gasteiger partial charge in [0.25, 0.3) is 0 Å². The lowest BCUT2D eigenvalue weighted by Crippen LogP contribution is -2.43. The standard InChI is InChI=1S/C25H23BrClN3O3/c26-16-3-8-19(9-4-16)33-25(31)30-12-11-20-21-13-17(27)5-10-22(21)29-23(20)24(30)15-1-6-18(7-2-15)32-14-28/h1-4,6-10,13,17,24,29H,5,11-12,14,28H2. The molecule has 5 rings (SSSR count). The fourth-order valence-electron chi connectivity index (χ4n) is 4.49. The van der Waals surface area contributed by atoms with Crippen molar-refractivity contribution in [1.82, 2.24) is 9.88 Å². The van der Waals surface area contributed by atoms with Crippen molar-refractivity contribution in [2.45, 2.75) is 24.3 Å². The Bertz CT molecular complexity index is 1290. The summed E-state index contributed by atoms with van der Waals surface area (Å²) in [5, 5.41) is 2.18. The number of hydrogen-bond acceptors (Lipinski definition) is 4. The fourth-order valence-corrected chi connectivity index (χ4v) is 4.97. The number of benzene rings is 2. The molecule has 2 heterocycles. The molecular weight excluding hydrogens is 506 g/mol. The second-order valence-electron chi connectivity index (χ2n) is 8.01. The quantitative estimate of drug-likeness (QED) is 0.399. The molecule has 2 atom stereocenters. The Balaban J connectivity index is 1.55. The molecule has 3 N–H and O–H groups in total. The van der Waals surface area contributed by atoms with Crippen molar-refractivity contribution in [1.29, 1.82) is 0 Å². The van der Waals surface area contributed by atoms with E-state index in [4.69, 9.17) is 26.8 Å². The van der Waals surface area contributed by atoms with E-state index >= 15 is 0 Å². The summed E-state index contributed by atoms with van der Waals surface area (Å²) >= 11 is 9.82. The van der Waals surface area contributed by atoms with E-state index in [1.165, 1.54) is 5.56 Å². The number of H-pyrrole nitrogens is 1.